The highest BCUT2D eigenvalue weighted by atomic mass is 32.1. The molecule has 0 aliphatic heterocycles. The van der Waals surface area contributed by atoms with Gasteiger partial charge in [0.05, 0.1) is 5.01 Å². The van der Waals surface area contributed by atoms with E-state index in [1.54, 1.807) is 11.3 Å². The summed E-state index contributed by atoms with van der Waals surface area (Å²) < 4.78 is 0. The Morgan fingerprint density at radius 3 is 2.44 bits per heavy atom. The molecule has 88 valence electrons. The van der Waals surface area contributed by atoms with Gasteiger partial charge in [-0.15, -0.1) is 11.3 Å². The molecular weight excluding hydrogens is 220 g/mol. The van der Waals surface area contributed by atoms with E-state index in [0.29, 0.717) is 11.6 Å². The van der Waals surface area contributed by atoms with E-state index in [9.17, 15) is 4.79 Å². The molecule has 0 aromatic carbocycles. The Balaban J connectivity index is 2.41. The highest BCUT2D eigenvalue weighted by Gasteiger charge is 2.30. The number of aromatic nitrogens is 1. The van der Waals surface area contributed by atoms with E-state index in [4.69, 9.17) is 5.73 Å². The summed E-state index contributed by atoms with van der Waals surface area (Å²) in [5.74, 6) is 0.143. The van der Waals surface area contributed by atoms with Gasteiger partial charge in [0.25, 0.3) is 5.91 Å². The van der Waals surface area contributed by atoms with E-state index in [0.717, 1.165) is 9.88 Å². The Bertz CT molecular complexity index is 413. The Labute approximate surface area is 100 Å². The molecule has 1 aromatic rings. The maximum absolute atomic E-state index is 11.4. The minimum absolute atomic E-state index is 0.00311. The summed E-state index contributed by atoms with van der Waals surface area (Å²) >= 11 is 1.67. The molecule has 1 amide bonds. The summed E-state index contributed by atoms with van der Waals surface area (Å²) in [7, 11) is 0. The fourth-order valence-corrected chi connectivity index (χ4v) is 3.07. The fourth-order valence-electron chi connectivity index (χ4n) is 1.78. The lowest BCUT2D eigenvalue weighted by Gasteiger charge is -2.24. The van der Waals surface area contributed by atoms with Crippen molar-refractivity contribution in [1.29, 1.82) is 0 Å². The highest BCUT2D eigenvalue weighted by molar-refractivity contribution is 7.12. The number of carbonyl (C=O) groups is 1. The molecule has 16 heavy (non-hydrogen) atoms. The normalized spacial score (nSPS) is 17.2. The van der Waals surface area contributed by atoms with Gasteiger partial charge in [0, 0.05) is 10.3 Å². The molecule has 1 fully saturated rings. The van der Waals surface area contributed by atoms with Crippen molar-refractivity contribution in [3.8, 4) is 0 Å². The standard InChI is InChI=1S/C12H18N2OS/c1-12(2,3)11-14-8(10(13)15)9(16-11)7-5-4-6-7/h7H,4-6H2,1-3H3,(H2,13,15). The molecule has 0 spiro atoms. The van der Waals surface area contributed by atoms with Crippen molar-refractivity contribution in [2.45, 2.75) is 51.4 Å². The third-order valence-electron chi connectivity index (χ3n) is 3.00. The Morgan fingerprint density at radius 1 is 1.44 bits per heavy atom. The summed E-state index contributed by atoms with van der Waals surface area (Å²) in [6, 6.07) is 0. The molecule has 1 saturated carbocycles. The van der Waals surface area contributed by atoms with Crippen LogP contribution in [0.1, 0.15) is 66.3 Å². The Morgan fingerprint density at radius 2 is 2.06 bits per heavy atom. The van der Waals surface area contributed by atoms with Gasteiger partial charge in [-0.25, -0.2) is 4.98 Å². The number of nitrogens with zero attached hydrogens (tertiary/aromatic N) is 1. The molecule has 0 saturated heterocycles. The molecule has 0 atom stereocenters. The Kier molecular flexibility index (Phi) is 2.78. The number of primary amides is 1. The third-order valence-corrected chi connectivity index (χ3v) is 4.65. The molecule has 0 unspecified atom stereocenters. The second-order valence-corrected chi connectivity index (χ2v) is 6.50. The molecule has 0 radical (unpaired) electrons. The minimum atomic E-state index is -0.381. The van der Waals surface area contributed by atoms with Crippen LogP contribution >= 0.6 is 11.3 Å². The summed E-state index contributed by atoms with van der Waals surface area (Å²) in [6.45, 7) is 6.34. The van der Waals surface area contributed by atoms with Crippen molar-refractivity contribution >= 4 is 17.2 Å². The van der Waals surface area contributed by atoms with Gasteiger partial charge in [-0.05, 0) is 18.8 Å². The van der Waals surface area contributed by atoms with Gasteiger partial charge >= 0.3 is 0 Å². The molecule has 1 aliphatic carbocycles. The van der Waals surface area contributed by atoms with Crippen LogP contribution in [-0.4, -0.2) is 10.9 Å². The van der Waals surface area contributed by atoms with E-state index in [1.807, 2.05) is 0 Å². The molecule has 3 nitrogen and oxygen atoms in total. The number of rotatable bonds is 2. The van der Waals surface area contributed by atoms with Crippen molar-refractivity contribution in [1.82, 2.24) is 4.98 Å². The molecule has 4 heteroatoms. The lowest BCUT2D eigenvalue weighted by atomic mass is 9.83. The number of hydrogen-bond acceptors (Lipinski definition) is 3. The maximum Gasteiger partial charge on any atom is 0.268 e. The highest BCUT2D eigenvalue weighted by Crippen LogP contribution is 2.42. The first-order valence-electron chi connectivity index (χ1n) is 5.70. The summed E-state index contributed by atoms with van der Waals surface area (Å²) in [6.07, 6.45) is 3.60. The lowest BCUT2D eigenvalue weighted by molar-refractivity contribution is 0.0994. The summed E-state index contributed by atoms with van der Waals surface area (Å²) in [5.41, 5.74) is 5.90. The monoisotopic (exact) mass is 238 g/mol. The zero-order chi connectivity index (χ0) is 11.9. The van der Waals surface area contributed by atoms with Gasteiger partial charge in [0.15, 0.2) is 0 Å². The average Bonchev–Trinajstić information content (AvgIpc) is 2.44. The Hall–Kier alpha value is -0.900. The summed E-state index contributed by atoms with van der Waals surface area (Å²) in [5, 5.41) is 1.02. The molecule has 1 aromatic heterocycles. The van der Waals surface area contributed by atoms with Gasteiger partial charge in [0.2, 0.25) is 0 Å². The first kappa shape index (κ1) is 11.6. The van der Waals surface area contributed by atoms with Crippen LogP contribution in [0.2, 0.25) is 0 Å². The molecule has 1 aliphatic rings. The number of nitrogens with two attached hydrogens (primary N) is 1. The van der Waals surface area contributed by atoms with Gasteiger partial charge in [-0.3, -0.25) is 4.79 Å². The van der Waals surface area contributed by atoms with E-state index in [1.165, 1.54) is 19.3 Å². The van der Waals surface area contributed by atoms with Gasteiger partial charge in [-0.1, -0.05) is 27.2 Å². The molecular formula is C12H18N2OS. The second kappa shape index (κ2) is 3.84. The minimum Gasteiger partial charge on any atom is -0.364 e. The predicted octanol–water partition coefficient (Wildman–Crippen LogP) is 2.81. The van der Waals surface area contributed by atoms with Crippen molar-refractivity contribution in [3.63, 3.8) is 0 Å². The SMILES string of the molecule is CC(C)(C)c1nc(C(N)=O)c(C2CCC2)s1. The van der Waals surface area contributed by atoms with Crippen LogP contribution in [0.4, 0.5) is 0 Å². The van der Waals surface area contributed by atoms with E-state index >= 15 is 0 Å². The van der Waals surface area contributed by atoms with Crippen LogP contribution in [-0.2, 0) is 5.41 Å². The topological polar surface area (TPSA) is 56.0 Å². The smallest absolute Gasteiger partial charge is 0.268 e. The van der Waals surface area contributed by atoms with Gasteiger partial charge in [-0.2, -0.15) is 0 Å². The van der Waals surface area contributed by atoms with Gasteiger partial charge in [0.1, 0.15) is 5.69 Å². The van der Waals surface area contributed by atoms with Crippen LogP contribution in [0.5, 0.6) is 0 Å². The molecule has 0 bridgehead atoms. The van der Waals surface area contributed by atoms with Crippen LogP contribution in [0.3, 0.4) is 0 Å². The largest absolute Gasteiger partial charge is 0.364 e. The van der Waals surface area contributed by atoms with Crippen LogP contribution in [0.25, 0.3) is 0 Å². The van der Waals surface area contributed by atoms with Crippen LogP contribution in [0, 0.1) is 0 Å². The van der Waals surface area contributed by atoms with Crippen molar-refractivity contribution < 1.29 is 4.79 Å². The predicted molar refractivity (Wildman–Crippen MR) is 65.9 cm³/mol. The zero-order valence-electron chi connectivity index (χ0n) is 10.0. The quantitative estimate of drug-likeness (QED) is 0.861. The number of thiazole rings is 1. The van der Waals surface area contributed by atoms with Crippen molar-refractivity contribution in [3.05, 3.63) is 15.6 Å². The zero-order valence-corrected chi connectivity index (χ0v) is 10.9. The first-order chi connectivity index (χ1) is 7.39. The molecule has 1 heterocycles. The van der Waals surface area contributed by atoms with Crippen molar-refractivity contribution in [2.75, 3.05) is 0 Å². The second-order valence-electron chi connectivity index (χ2n) is 5.47. The van der Waals surface area contributed by atoms with E-state index < -0.39 is 0 Å². The lowest BCUT2D eigenvalue weighted by Crippen LogP contribution is -2.18. The first-order valence-corrected chi connectivity index (χ1v) is 6.52. The van der Waals surface area contributed by atoms with Crippen LogP contribution in [0.15, 0.2) is 0 Å². The number of carbonyl (C=O) groups excluding carboxylic acids is 1. The number of hydrogen-bond donors (Lipinski definition) is 1. The van der Waals surface area contributed by atoms with E-state index in [-0.39, 0.29) is 11.3 Å². The molecule has 2 rings (SSSR count). The maximum atomic E-state index is 11.4. The molecule has 2 N–H and O–H groups in total. The number of amides is 1. The third kappa shape index (κ3) is 1.98. The van der Waals surface area contributed by atoms with Crippen LogP contribution < -0.4 is 5.73 Å². The average molecular weight is 238 g/mol. The summed E-state index contributed by atoms with van der Waals surface area (Å²) in [4.78, 5) is 16.9. The van der Waals surface area contributed by atoms with E-state index in [2.05, 4.69) is 25.8 Å². The fraction of sp³-hybridized carbons (Fsp3) is 0.667. The van der Waals surface area contributed by atoms with Gasteiger partial charge < -0.3 is 5.73 Å². The van der Waals surface area contributed by atoms with Crippen molar-refractivity contribution in [2.24, 2.45) is 5.73 Å².